The van der Waals surface area contributed by atoms with Crippen LogP contribution in [0.2, 0.25) is 10.0 Å². The number of halogens is 2. The predicted molar refractivity (Wildman–Crippen MR) is 106 cm³/mol. The molecule has 4 nitrogen and oxygen atoms in total. The number of carbonyl (C=O) groups is 2. The molecule has 0 radical (unpaired) electrons. The molecule has 0 aliphatic carbocycles. The number of benzene rings is 2. The van der Waals surface area contributed by atoms with E-state index in [0.29, 0.717) is 22.3 Å². The molecule has 1 aliphatic rings. The molecular weight excluding hydrogens is 371 g/mol. The van der Waals surface area contributed by atoms with Crippen LogP contribution in [0.4, 0.5) is 11.4 Å². The molecule has 0 saturated carbocycles. The summed E-state index contributed by atoms with van der Waals surface area (Å²) >= 11 is 12.1. The van der Waals surface area contributed by atoms with Crippen LogP contribution < -0.4 is 10.2 Å². The Morgan fingerprint density at radius 3 is 2.38 bits per heavy atom. The minimum Gasteiger partial charge on any atom is -0.325 e. The van der Waals surface area contributed by atoms with Crippen LogP contribution in [0.15, 0.2) is 30.3 Å². The summed E-state index contributed by atoms with van der Waals surface area (Å²) in [6.45, 7) is 6.26. The van der Waals surface area contributed by atoms with Crippen molar-refractivity contribution in [2.24, 2.45) is 5.92 Å². The normalized spacial score (nSPS) is 16.9. The van der Waals surface area contributed by atoms with Gasteiger partial charge < -0.3 is 10.2 Å². The number of hydrogen-bond acceptors (Lipinski definition) is 2. The Hall–Kier alpha value is -2.04. The summed E-state index contributed by atoms with van der Waals surface area (Å²) in [7, 11) is 0. The van der Waals surface area contributed by atoms with Crippen molar-refractivity contribution in [1.29, 1.82) is 0 Å². The average Bonchev–Trinajstić information content (AvgIpc) is 2.92. The van der Waals surface area contributed by atoms with Crippen molar-refractivity contribution in [3.05, 3.63) is 57.1 Å². The summed E-state index contributed by atoms with van der Waals surface area (Å²) < 4.78 is 0. The van der Waals surface area contributed by atoms with E-state index < -0.39 is 5.92 Å². The lowest BCUT2D eigenvalue weighted by molar-refractivity contribution is -0.122. The fraction of sp³-hybridized carbons (Fsp3) is 0.300. The van der Waals surface area contributed by atoms with Gasteiger partial charge in [0.15, 0.2) is 0 Å². The van der Waals surface area contributed by atoms with Gasteiger partial charge in [-0.25, -0.2) is 0 Å². The Bertz CT molecular complexity index is 872. The molecule has 1 fully saturated rings. The summed E-state index contributed by atoms with van der Waals surface area (Å²) in [4.78, 5) is 26.7. The third kappa shape index (κ3) is 3.71. The minimum absolute atomic E-state index is 0.119. The van der Waals surface area contributed by atoms with Crippen LogP contribution in [-0.4, -0.2) is 18.4 Å². The number of anilines is 2. The van der Waals surface area contributed by atoms with Gasteiger partial charge in [0.25, 0.3) is 0 Å². The maximum Gasteiger partial charge on any atom is 0.229 e. The Kier molecular flexibility index (Phi) is 5.26. The van der Waals surface area contributed by atoms with Crippen molar-refractivity contribution in [2.45, 2.75) is 27.2 Å². The topological polar surface area (TPSA) is 49.4 Å². The van der Waals surface area contributed by atoms with Gasteiger partial charge >= 0.3 is 0 Å². The zero-order chi connectivity index (χ0) is 19.0. The highest BCUT2D eigenvalue weighted by Gasteiger charge is 2.36. The van der Waals surface area contributed by atoms with Crippen LogP contribution in [0, 0.1) is 26.7 Å². The molecule has 1 saturated heterocycles. The van der Waals surface area contributed by atoms with Gasteiger partial charge in [-0.05, 0) is 50.1 Å². The Labute approximate surface area is 163 Å². The first-order valence-electron chi connectivity index (χ1n) is 8.40. The molecule has 26 heavy (non-hydrogen) atoms. The Morgan fingerprint density at radius 2 is 1.77 bits per heavy atom. The van der Waals surface area contributed by atoms with Crippen molar-refractivity contribution in [3.8, 4) is 0 Å². The first-order chi connectivity index (χ1) is 12.3. The van der Waals surface area contributed by atoms with Gasteiger partial charge in [-0.1, -0.05) is 40.9 Å². The van der Waals surface area contributed by atoms with Gasteiger partial charge in [-0.3, -0.25) is 9.59 Å². The molecule has 2 aromatic carbocycles. The van der Waals surface area contributed by atoms with Crippen LogP contribution >= 0.6 is 23.2 Å². The van der Waals surface area contributed by atoms with Crippen molar-refractivity contribution in [3.63, 3.8) is 0 Å². The molecule has 1 unspecified atom stereocenters. The third-order valence-electron chi connectivity index (χ3n) is 4.62. The van der Waals surface area contributed by atoms with Gasteiger partial charge in [-0.15, -0.1) is 0 Å². The Balaban J connectivity index is 1.77. The number of nitrogens with zero attached hydrogens (tertiary/aromatic N) is 1. The minimum atomic E-state index is -0.422. The smallest absolute Gasteiger partial charge is 0.229 e. The molecule has 2 amide bonds. The number of aryl methyl sites for hydroxylation is 3. The second kappa shape index (κ2) is 7.29. The molecular formula is C20H20Cl2N2O2. The molecule has 3 rings (SSSR count). The molecule has 2 aromatic rings. The lowest BCUT2D eigenvalue weighted by Crippen LogP contribution is -2.28. The summed E-state index contributed by atoms with van der Waals surface area (Å²) in [6, 6.07) is 9.04. The maximum atomic E-state index is 12.7. The highest BCUT2D eigenvalue weighted by atomic mass is 35.5. The summed E-state index contributed by atoms with van der Waals surface area (Å²) in [5.41, 5.74) is 4.57. The van der Waals surface area contributed by atoms with Crippen LogP contribution in [0.1, 0.15) is 23.1 Å². The molecule has 1 N–H and O–H groups in total. The molecule has 0 spiro atoms. The van der Waals surface area contributed by atoms with Crippen molar-refractivity contribution >= 4 is 46.4 Å². The number of rotatable bonds is 3. The molecule has 1 aliphatic heterocycles. The van der Waals surface area contributed by atoms with E-state index in [2.05, 4.69) is 5.32 Å². The molecule has 0 aromatic heterocycles. The zero-order valence-electron chi connectivity index (χ0n) is 14.9. The van der Waals surface area contributed by atoms with E-state index in [1.54, 1.807) is 23.1 Å². The monoisotopic (exact) mass is 390 g/mol. The van der Waals surface area contributed by atoms with E-state index >= 15 is 0 Å². The van der Waals surface area contributed by atoms with Crippen LogP contribution in [0.25, 0.3) is 0 Å². The highest BCUT2D eigenvalue weighted by molar-refractivity contribution is 6.36. The van der Waals surface area contributed by atoms with E-state index in [9.17, 15) is 9.59 Å². The number of amides is 2. The third-order valence-corrected chi connectivity index (χ3v) is 5.16. The van der Waals surface area contributed by atoms with E-state index in [4.69, 9.17) is 23.2 Å². The first kappa shape index (κ1) is 18.7. The summed E-state index contributed by atoms with van der Waals surface area (Å²) in [5, 5.41) is 3.90. The van der Waals surface area contributed by atoms with E-state index in [-0.39, 0.29) is 18.2 Å². The van der Waals surface area contributed by atoms with Crippen molar-refractivity contribution < 1.29 is 9.59 Å². The average molecular weight is 391 g/mol. The quantitative estimate of drug-likeness (QED) is 0.808. The molecule has 6 heteroatoms. The second-order valence-corrected chi connectivity index (χ2v) is 7.61. The lowest BCUT2D eigenvalue weighted by atomic mass is 10.0. The summed E-state index contributed by atoms with van der Waals surface area (Å²) in [5.74, 6) is -0.693. The lowest BCUT2D eigenvalue weighted by Gasteiger charge is -2.19. The zero-order valence-corrected chi connectivity index (χ0v) is 16.4. The number of nitrogens with one attached hydrogen (secondary N) is 1. The van der Waals surface area contributed by atoms with E-state index in [1.165, 1.54) is 0 Å². The van der Waals surface area contributed by atoms with Gasteiger partial charge in [0.2, 0.25) is 11.8 Å². The summed E-state index contributed by atoms with van der Waals surface area (Å²) in [6.07, 6.45) is 0.161. The van der Waals surface area contributed by atoms with Crippen LogP contribution in [0.5, 0.6) is 0 Å². The van der Waals surface area contributed by atoms with Crippen molar-refractivity contribution in [2.75, 3.05) is 16.8 Å². The SMILES string of the molecule is Cc1cc(C)c(NC(=O)C2CC(=O)N(c3ccc(Cl)cc3Cl)C2)c(C)c1. The fourth-order valence-electron chi connectivity index (χ4n) is 3.42. The largest absolute Gasteiger partial charge is 0.325 e. The highest BCUT2D eigenvalue weighted by Crippen LogP contribution is 2.33. The van der Waals surface area contributed by atoms with Crippen molar-refractivity contribution in [1.82, 2.24) is 0 Å². The standard InChI is InChI=1S/C20H20Cl2N2O2/c1-11-6-12(2)19(13(3)7-11)23-20(26)14-8-18(25)24(10-14)17-5-4-15(21)9-16(17)22/h4-7,9,14H,8,10H2,1-3H3,(H,23,26). The maximum absolute atomic E-state index is 12.7. The molecule has 1 atom stereocenters. The fourth-order valence-corrected chi connectivity index (χ4v) is 3.93. The second-order valence-electron chi connectivity index (χ2n) is 6.76. The molecule has 136 valence electrons. The van der Waals surface area contributed by atoms with Crippen LogP contribution in [-0.2, 0) is 9.59 Å². The van der Waals surface area contributed by atoms with E-state index in [0.717, 1.165) is 22.4 Å². The Morgan fingerprint density at radius 1 is 1.12 bits per heavy atom. The van der Waals surface area contributed by atoms with Gasteiger partial charge in [-0.2, -0.15) is 0 Å². The van der Waals surface area contributed by atoms with Gasteiger partial charge in [0.05, 0.1) is 16.6 Å². The van der Waals surface area contributed by atoms with Gasteiger partial charge in [0, 0.05) is 23.7 Å². The van der Waals surface area contributed by atoms with Gasteiger partial charge in [0.1, 0.15) is 0 Å². The molecule has 0 bridgehead atoms. The first-order valence-corrected chi connectivity index (χ1v) is 9.16. The molecule has 1 heterocycles. The van der Waals surface area contributed by atoms with E-state index in [1.807, 2.05) is 32.9 Å². The number of carbonyl (C=O) groups excluding carboxylic acids is 2. The van der Waals surface area contributed by atoms with Crippen LogP contribution in [0.3, 0.4) is 0 Å². The predicted octanol–water partition coefficient (Wildman–Crippen LogP) is 4.91. The number of hydrogen-bond donors (Lipinski definition) is 1.